The summed E-state index contributed by atoms with van der Waals surface area (Å²) >= 11 is 0. The minimum Gasteiger partial charge on any atom is -0.254 e. The van der Waals surface area contributed by atoms with Crippen LogP contribution in [0.15, 0.2) is 35.2 Å². The van der Waals surface area contributed by atoms with Gasteiger partial charge in [-0.3, -0.25) is 4.21 Å². The fourth-order valence-electron chi connectivity index (χ4n) is 1.18. The third kappa shape index (κ3) is 1.59. The molecule has 1 atom stereocenters. The topological polar surface area (TPSA) is 17.1 Å². The Morgan fingerprint density at radius 3 is 2.75 bits per heavy atom. The van der Waals surface area contributed by atoms with Crippen LogP contribution in [-0.4, -0.2) is 9.96 Å². The van der Waals surface area contributed by atoms with Gasteiger partial charge in [0.1, 0.15) is 0 Å². The van der Waals surface area contributed by atoms with Crippen molar-refractivity contribution in [1.82, 2.24) is 0 Å². The maximum Gasteiger partial charge on any atom is 0.0574 e. The Kier molecular flexibility index (Phi) is 3.06. The highest BCUT2D eigenvalue weighted by atomic mass is 35.5. The summed E-state index contributed by atoms with van der Waals surface area (Å²) in [7, 11) is -0.802. The summed E-state index contributed by atoms with van der Waals surface area (Å²) in [6.45, 7) is 0. The number of benzene rings is 1. The number of rotatable bonds is 0. The third-order valence-corrected chi connectivity index (χ3v) is 3.07. The van der Waals surface area contributed by atoms with Crippen molar-refractivity contribution >= 4 is 29.3 Å². The molecule has 0 saturated heterocycles. The highest BCUT2D eigenvalue weighted by Gasteiger charge is 2.08. The van der Waals surface area contributed by atoms with Gasteiger partial charge in [0, 0.05) is 10.6 Å². The molecule has 0 amide bonds. The van der Waals surface area contributed by atoms with E-state index in [1.807, 2.05) is 36.4 Å². The van der Waals surface area contributed by atoms with Gasteiger partial charge in [0.05, 0.1) is 10.8 Å². The monoisotopic (exact) mass is 200 g/mol. The normalized spacial score (nSPS) is 19.5. The molecule has 1 unspecified atom stereocenters. The molecule has 2 rings (SSSR count). The van der Waals surface area contributed by atoms with E-state index in [-0.39, 0.29) is 12.4 Å². The van der Waals surface area contributed by atoms with Gasteiger partial charge in [0.2, 0.25) is 0 Å². The van der Waals surface area contributed by atoms with Crippen LogP contribution in [0.25, 0.3) is 6.08 Å². The molecule has 1 aromatic carbocycles. The highest BCUT2D eigenvalue weighted by Crippen LogP contribution is 2.19. The lowest BCUT2D eigenvalue weighted by Crippen LogP contribution is -2.01. The average molecular weight is 201 g/mol. The standard InChI is InChI=1S/C9H8OS.ClH/c10-11-7-3-5-8-4-1-2-6-9(8)11;/h1-6H,7H2;1H. The van der Waals surface area contributed by atoms with Crippen LogP contribution in [0.3, 0.4) is 0 Å². The van der Waals surface area contributed by atoms with Gasteiger partial charge in [-0.15, -0.1) is 12.4 Å². The van der Waals surface area contributed by atoms with E-state index in [1.54, 1.807) is 0 Å². The zero-order valence-electron chi connectivity index (χ0n) is 6.40. The van der Waals surface area contributed by atoms with E-state index in [9.17, 15) is 4.21 Å². The third-order valence-electron chi connectivity index (χ3n) is 1.71. The first-order valence-electron chi connectivity index (χ1n) is 3.52. The summed E-state index contributed by atoms with van der Waals surface area (Å²) < 4.78 is 11.3. The van der Waals surface area contributed by atoms with Crippen molar-refractivity contribution in [3.63, 3.8) is 0 Å². The quantitative estimate of drug-likeness (QED) is 0.628. The predicted octanol–water partition coefficient (Wildman–Crippen LogP) is 2.24. The molecule has 0 radical (unpaired) electrons. The summed E-state index contributed by atoms with van der Waals surface area (Å²) in [6.07, 6.45) is 3.98. The van der Waals surface area contributed by atoms with Crippen LogP contribution < -0.4 is 0 Å². The van der Waals surface area contributed by atoms with Crippen molar-refractivity contribution in [3.05, 3.63) is 35.9 Å². The molecule has 1 aliphatic heterocycles. The maximum absolute atomic E-state index is 11.3. The average Bonchev–Trinajstić information content (AvgIpc) is 2.06. The molecule has 0 bridgehead atoms. The van der Waals surface area contributed by atoms with E-state index in [1.165, 1.54) is 0 Å². The molecule has 0 N–H and O–H groups in total. The molecule has 3 heteroatoms. The Hall–Kier alpha value is -0.600. The van der Waals surface area contributed by atoms with Crippen LogP contribution in [0, 0.1) is 0 Å². The lowest BCUT2D eigenvalue weighted by molar-refractivity contribution is 0.684. The fraction of sp³-hybridized carbons (Fsp3) is 0.111. The minimum absolute atomic E-state index is 0. The van der Waals surface area contributed by atoms with Gasteiger partial charge in [-0.1, -0.05) is 30.4 Å². The lowest BCUT2D eigenvalue weighted by atomic mass is 10.2. The zero-order valence-corrected chi connectivity index (χ0v) is 8.03. The van der Waals surface area contributed by atoms with E-state index in [0.717, 1.165) is 10.5 Å². The summed E-state index contributed by atoms with van der Waals surface area (Å²) in [5.41, 5.74) is 1.09. The molecule has 64 valence electrons. The van der Waals surface area contributed by atoms with Crippen LogP contribution in [0.5, 0.6) is 0 Å². The summed E-state index contributed by atoms with van der Waals surface area (Å²) in [4.78, 5) is 0.968. The fourth-order valence-corrected chi connectivity index (χ4v) is 2.26. The molecule has 0 fully saturated rings. The van der Waals surface area contributed by atoms with E-state index >= 15 is 0 Å². The number of fused-ring (bicyclic) bond motifs is 1. The zero-order chi connectivity index (χ0) is 7.68. The predicted molar refractivity (Wildman–Crippen MR) is 54.0 cm³/mol. The van der Waals surface area contributed by atoms with Crippen LogP contribution >= 0.6 is 12.4 Å². The van der Waals surface area contributed by atoms with Crippen LogP contribution in [0.4, 0.5) is 0 Å². The Morgan fingerprint density at radius 2 is 2.00 bits per heavy atom. The smallest absolute Gasteiger partial charge is 0.0574 e. The Bertz CT molecular complexity index is 333. The van der Waals surface area contributed by atoms with E-state index in [4.69, 9.17) is 0 Å². The van der Waals surface area contributed by atoms with Crippen molar-refractivity contribution in [2.24, 2.45) is 0 Å². The second-order valence-corrected chi connectivity index (χ2v) is 3.92. The van der Waals surface area contributed by atoms with Crippen molar-refractivity contribution in [1.29, 1.82) is 0 Å². The van der Waals surface area contributed by atoms with Crippen molar-refractivity contribution in [2.75, 3.05) is 5.75 Å². The molecule has 12 heavy (non-hydrogen) atoms. The molecule has 0 aromatic heterocycles. The molecular formula is C9H9ClOS. The Balaban J connectivity index is 0.000000720. The van der Waals surface area contributed by atoms with E-state index in [2.05, 4.69) is 0 Å². The molecule has 1 aromatic rings. The molecule has 0 aliphatic carbocycles. The van der Waals surface area contributed by atoms with Crippen molar-refractivity contribution < 1.29 is 4.21 Å². The van der Waals surface area contributed by atoms with E-state index in [0.29, 0.717) is 5.75 Å². The van der Waals surface area contributed by atoms with Gasteiger partial charge < -0.3 is 0 Å². The van der Waals surface area contributed by atoms with E-state index < -0.39 is 10.8 Å². The summed E-state index contributed by atoms with van der Waals surface area (Å²) in [5.74, 6) is 0.664. The SMILES string of the molecule is Cl.O=S1CC=Cc2ccccc21. The van der Waals surface area contributed by atoms with Crippen molar-refractivity contribution in [3.8, 4) is 0 Å². The maximum atomic E-state index is 11.3. The molecule has 1 heterocycles. The number of hydrogen-bond donors (Lipinski definition) is 0. The lowest BCUT2D eigenvalue weighted by Gasteiger charge is -2.07. The van der Waals surface area contributed by atoms with Crippen LogP contribution in [0.1, 0.15) is 5.56 Å². The minimum atomic E-state index is -0.802. The highest BCUT2D eigenvalue weighted by molar-refractivity contribution is 7.85. The van der Waals surface area contributed by atoms with Crippen LogP contribution in [0.2, 0.25) is 0 Å². The molecular weight excluding hydrogens is 192 g/mol. The van der Waals surface area contributed by atoms with Gasteiger partial charge in [-0.05, 0) is 11.6 Å². The summed E-state index contributed by atoms with van der Waals surface area (Å²) in [5, 5.41) is 0. The molecule has 1 nitrogen and oxygen atoms in total. The second-order valence-electron chi connectivity index (χ2n) is 2.45. The first kappa shape index (κ1) is 9.49. The largest absolute Gasteiger partial charge is 0.254 e. The second kappa shape index (κ2) is 3.87. The van der Waals surface area contributed by atoms with Gasteiger partial charge >= 0.3 is 0 Å². The number of hydrogen-bond acceptors (Lipinski definition) is 1. The molecule has 0 saturated carbocycles. The molecule has 1 aliphatic rings. The van der Waals surface area contributed by atoms with Gasteiger partial charge in [-0.2, -0.15) is 0 Å². The number of halogens is 1. The van der Waals surface area contributed by atoms with Gasteiger partial charge in [0.25, 0.3) is 0 Å². The Labute approximate surface area is 80.4 Å². The first-order valence-corrected chi connectivity index (χ1v) is 4.84. The first-order chi connectivity index (χ1) is 5.38. The summed E-state index contributed by atoms with van der Waals surface area (Å²) in [6, 6.07) is 7.80. The molecule has 0 spiro atoms. The van der Waals surface area contributed by atoms with Gasteiger partial charge in [0.15, 0.2) is 0 Å². The Morgan fingerprint density at radius 1 is 1.25 bits per heavy atom. The van der Waals surface area contributed by atoms with Crippen LogP contribution in [-0.2, 0) is 10.8 Å². The van der Waals surface area contributed by atoms with Crippen molar-refractivity contribution in [2.45, 2.75) is 4.90 Å². The van der Waals surface area contributed by atoms with Gasteiger partial charge in [-0.25, -0.2) is 0 Å².